The predicted octanol–water partition coefficient (Wildman–Crippen LogP) is 14.5. The number of hydrogen-bond acceptors (Lipinski definition) is 3. The molecule has 8 aromatic rings. The molecule has 3 heteroatoms. The van der Waals surface area contributed by atoms with Gasteiger partial charge < -0.3 is 9.80 Å². The zero-order valence-corrected chi connectivity index (χ0v) is 31.1. The first-order valence-electron chi connectivity index (χ1n) is 18.9. The van der Waals surface area contributed by atoms with E-state index in [1.165, 1.54) is 60.1 Å². The molecule has 2 heterocycles. The van der Waals surface area contributed by atoms with Gasteiger partial charge in [-0.25, -0.2) is 0 Å². The van der Waals surface area contributed by atoms with E-state index in [2.05, 4.69) is 228 Å². The van der Waals surface area contributed by atoms with Crippen molar-refractivity contribution >= 4 is 45.3 Å². The second-order valence-electron chi connectivity index (χ2n) is 14.1. The molecule has 262 valence electrons. The van der Waals surface area contributed by atoms with E-state index >= 15 is 0 Å². The molecule has 2 aliphatic rings. The van der Waals surface area contributed by atoms with Crippen molar-refractivity contribution in [2.45, 2.75) is 12.0 Å². The first kappa shape index (κ1) is 32.9. The molecule has 55 heavy (non-hydrogen) atoms. The molecule has 0 N–H and O–H groups in total. The highest BCUT2D eigenvalue weighted by atomic mass is 32.1. The van der Waals surface area contributed by atoms with Crippen LogP contribution in [0.15, 0.2) is 218 Å². The Morgan fingerprint density at radius 3 is 1.47 bits per heavy atom. The van der Waals surface area contributed by atoms with Crippen molar-refractivity contribution in [3.05, 3.63) is 229 Å². The minimum Gasteiger partial charge on any atom is -0.333 e. The van der Waals surface area contributed by atoms with Crippen LogP contribution in [0, 0.1) is 0 Å². The number of anilines is 5. The van der Waals surface area contributed by atoms with E-state index in [9.17, 15) is 0 Å². The third-order valence-electron chi connectivity index (χ3n) is 10.9. The van der Waals surface area contributed by atoms with Gasteiger partial charge in [-0.15, -0.1) is 11.3 Å². The molecule has 2 nitrogen and oxygen atoms in total. The van der Waals surface area contributed by atoms with E-state index in [1.54, 1.807) is 0 Å². The second-order valence-corrected chi connectivity index (χ2v) is 15.2. The third kappa shape index (κ3) is 6.29. The molecule has 0 amide bonds. The van der Waals surface area contributed by atoms with Crippen LogP contribution < -0.4 is 9.80 Å². The second kappa shape index (κ2) is 14.3. The fourth-order valence-electron chi connectivity index (χ4n) is 8.14. The lowest BCUT2D eigenvalue weighted by molar-refractivity contribution is 0.747. The minimum atomic E-state index is 0.266. The molecule has 0 saturated heterocycles. The highest BCUT2D eigenvalue weighted by Crippen LogP contribution is 2.49. The molecule has 7 aromatic carbocycles. The summed E-state index contributed by atoms with van der Waals surface area (Å²) in [5, 5.41) is 0. The summed E-state index contributed by atoms with van der Waals surface area (Å²) in [5.41, 5.74) is 14.6. The average molecular weight is 723 g/mol. The summed E-state index contributed by atoms with van der Waals surface area (Å²) >= 11 is 1.86. The van der Waals surface area contributed by atoms with Crippen LogP contribution in [0.25, 0.3) is 38.3 Å². The fraction of sp³-hybridized carbons (Fsp3) is 0.0385. The van der Waals surface area contributed by atoms with Crippen LogP contribution in [-0.2, 0) is 0 Å². The monoisotopic (exact) mass is 722 g/mol. The Hall–Kier alpha value is -6.68. The third-order valence-corrected chi connectivity index (χ3v) is 12.0. The van der Waals surface area contributed by atoms with Crippen molar-refractivity contribution in [2.24, 2.45) is 0 Å². The van der Waals surface area contributed by atoms with E-state index in [-0.39, 0.29) is 6.04 Å². The molecular weight excluding hydrogens is 685 g/mol. The largest absolute Gasteiger partial charge is 0.333 e. The number of allylic oxidation sites excluding steroid dienone is 2. The quantitative estimate of drug-likeness (QED) is 0.154. The number of nitrogens with zero attached hydrogens (tertiary/aromatic N) is 2. The Morgan fingerprint density at radius 1 is 0.418 bits per heavy atom. The van der Waals surface area contributed by atoms with Gasteiger partial charge in [-0.2, -0.15) is 0 Å². The fourth-order valence-corrected chi connectivity index (χ4v) is 9.16. The van der Waals surface area contributed by atoms with Crippen LogP contribution in [0.2, 0.25) is 0 Å². The van der Waals surface area contributed by atoms with Crippen LogP contribution in [0.3, 0.4) is 0 Å². The number of thiophene rings is 1. The predicted molar refractivity (Wildman–Crippen MR) is 234 cm³/mol. The highest BCUT2D eigenvalue weighted by molar-refractivity contribution is 7.16. The Kier molecular flexibility index (Phi) is 8.55. The van der Waals surface area contributed by atoms with E-state index in [0.717, 1.165) is 17.1 Å². The van der Waals surface area contributed by atoms with E-state index in [0.29, 0.717) is 5.92 Å². The van der Waals surface area contributed by atoms with Gasteiger partial charge in [0.2, 0.25) is 0 Å². The lowest BCUT2D eigenvalue weighted by Crippen LogP contribution is -2.28. The first-order valence-corrected chi connectivity index (χ1v) is 19.7. The van der Waals surface area contributed by atoms with Crippen LogP contribution in [-0.4, -0.2) is 6.04 Å². The van der Waals surface area contributed by atoms with Gasteiger partial charge in [0.25, 0.3) is 0 Å². The van der Waals surface area contributed by atoms with Crippen LogP contribution in [0.1, 0.15) is 16.4 Å². The van der Waals surface area contributed by atoms with Gasteiger partial charge in [-0.1, -0.05) is 152 Å². The molecule has 1 aliphatic heterocycles. The maximum atomic E-state index is 2.49. The zero-order valence-electron chi connectivity index (χ0n) is 30.2. The van der Waals surface area contributed by atoms with Gasteiger partial charge in [0.1, 0.15) is 0 Å². The molecular formula is C52H38N2S. The summed E-state index contributed by atoms with van der Waals surface area (Å²) in [6.07, 6.45) is 7.20. The smallest absolute Gasteiger partial charge is 0.0630 e. The maximum absolute atomic E-state index is 2.49. The Morgan fingerprint density at radius 2 is 0.891 bits per heavy atom. The number of fused-ring (bicyclic) bond motifs is 3. The van der Waals surface area contributed by atoms with Crippen LogP contribution >= 0.6 is 11.3 Å². The molecule has 1 aliphatic carbocycles. The maximum Gasteiger partial charge on any atom is 0.0630 e. The average Bonchev–Trinajstić information content (AvgIpc) is 3.89. The molecule has 2 unspecified atom stereocenters. The van der Waals surface area contributed by atoms with Gasteiger partial charge in [0, 0.05) is 44.1 Å². The first-order chi connectivity index (χ1) is 27.3. The van der Waals surface area contributed by atoms with E-state index in [4.69, 9.17) is 0 Å². The molecule has 2 atom stereocenters. The Balaban J connectivity index is 0.943. The summed E-state index contributed by atoms with van der Waals surface area (Å²) in [5.74, 6) is 0.302. The van der Waals surface area contributed by atoms with Crippen molar-refractivity contribution in [2.75, 3.05) is 9.80 Å². The van der Waals surface area contributed by atoms with Gasteiger partial charge in [0.05, 0.1) is 6.04 Å². The van der Waals surface area contributed by atoms with Crippen LogP contribution in [0.5, 0.6) is 0 Å². The number of rotatable bonds is 8. The number of hydrogen-bond donors (Lipinski definition) is 0. The standard InChI is InChI=1S/C52H38N2S/c1-4-12-37(13-5-1)39-20-27-44(28-21-39)53(45-29-22-40(23-30-45)38-14-6-2-7-15-38)46-31-24-41(25-32-46)51-34-35-52(55-51)42-26-33-50-48(36-42)47-18-10-11-19-49(47)54(50)43-16-8-3-9-17-43/h1-36,48,50H. The summed E-state index contributed by atoms with van der Waals surface area (Å²) in [7, 11) is 0. The minimum absolute atomic E-state index is 0.266. The highest BCUT2D eigenvalue weighted by Gasteiger charge is 2.38. The SMILES string of the molecule is C1=CC2C(C=C1c1ccc(-c3ccc(N(c4ccc(-c5ccccc5)cc4)c4ccc(-c5ccccc5)cc4)cc3)s1)c1ccccc1N2c1ccccc1. The van der Waals surface area contributed by atoms with E-state index < -0.39 is 0 Å². The van der Waals surface area contributed by atoms with Gasteiger partial charge >= 0.3 is 0 Å². The Labute approximate surface area is 327 Å². The van der Waals surface area contributed by atoms with Gasteiger partial charge in [-0.3, -0.25) is 0 Å². The van der Waals surface area contributed by atoms with Crippen molar-refractivity contribution < 1.29 is 0 Å². The van der Waals surface area contributed by atoms with Gasteiger partial charge in [-0.05, 0) is 106 Å². The van der Waals surface area contributed by atoms with Gasteiger partial charge in [0.15, 0.2) is 0 Å². The van der Waals surface area contributed by atoms with Crippen molar-refractivity contribution in [1.29, 1.82) is 0 Å². The normalized spacial score (nSPS) is 15.6. The lowest BCUT2D eigenvalue weighted by Gasteiger charge is -2.29. The molecule has 1 aromatic heterocycles. The molecule has 0 saturated carbocycles. The van der Waals surface area contributed by atoms with Crippen molar-refractivity contribution in [1.82, 2.24) is 0 Å². The zero-order chi connectivity index (χ0) is 36.6. The topological polar surface area (TPSA) is 6.48 Å². The van der Waals surface area contributed by atoms with E-state index in [1.807, 2.05) is 11.3 Å². The molecule has 0 fully saturated rings. The lowest BCUT2D eigenvalue weighted by atomic mass is 9.88. The summed E-state index contributed by atoms with van der Waals surface area (Å²) in [4.78, 5) is 7.40. The van der Waals surface area contributed by atoms with Crippen molar-refractivity contribution in [3.8, 4) is 32.7 Å². The molecule has 0 bridgehead atoms. The summed E-state index contributed by atoms with van der Waals surface area (Å²) in [6, 6.07) is 72.4. The number of para-hydroxylation sites is 2. The Bertz CT molecular complexity index is 2540. The summed E-state index contributed by atoms with van der Waals surface area (Å²) in [6.45, 7) is 0. The number of benzene rings is 7. The van der Waals surface area contributed by atoms with Crippen molar-refractivity contribution in [3.63, 3.8) is 0 Å². The molecule has 0 radical (unpaired) electrons. The molecule has 0 spiro atoms. The molecule has 10 rings (SSSR count). The van der Waals surface area contributed by atoms with Crippen LogP contribution in [0.4, 0.5) is 28.4 Å². The summed E-state index contributed by atoms with van der Waals surface area (Å²) < 4.78 is 0.